The van der Waals surface area contributed by atoms with Crippen molar-refractivity contribution in [1.29, 1.82) is 5.26 Å². The highest BCUT2D eigenvalue weighted by Gasteiger charge is 2.21. The number of amides is 1. The number of anilines is 1. The maximum absolute atomic E-state index is 12.2. The molecule has 7 nitrogen and oxygen atoms in total. The Labute approximate surface area is 159 Å². The van der Waals surface area contributed by atoms with Gasteiger partial charge in [-0.05, 0) is 43.2 Å². The van der Waals surface area contributed by atoms with Crippen LogP contribution >= 0.6 is 11.3 Å². The Morgan fingerprint density at radius 3 is 2.89 bits per heavy atom. The van der Waals surface area contributed by atoms with Crippen LogP contribution in [0.15, 0.2) is 24.3 Å². The first-order chi connectivity index (χ1) is 13.0. The molecule has 0 saturated carbocycles. The Balaban J connectivity index is 1.75. The molecule has 0 spiro atoms. The van der Waals surface area contributed by atoms with E-state index in [0.717, 1.165) is 16.9 Å². The van der Waals surface area contributed by atoms with E-state index in [1.165, 1.54) is 6.08 Å². The zero-order valence-electron chi connectivity index (χ0n) is 14.7. The number of hydrogen-bond donors (Lipinski definition) is 1. The lowest BCUT2D eigenvalue weighted by Gasteiger charge is -2.00. The Hall–Kier alpha value is -3.31. The number of carbonyl (C=O) groups excluding carboxylic acids is 2. The van der Waals surface area contributed by atoms with Gasteiger partial charge in [0.25, 0.3) is 0 Å². The fourth-order valence-corrected chi connectivity index (χ4v) is 3.52. The molecule has 0 unspecified atom stereocenters. The molecule has 1 aliphatic rings. The first-order valence-electron chi connectivity index (χ1n) is 8.12. The largest absolute Gasteiger partial charge is 0.462 e. The van der Waals surface area contributed by atoms with Crippen LogP contribution in [0.25, 0.3) is 6.08 Å². The number of esters is 1. The molecule has 2 heterocycles. The summed E-state index contributed by atoms with van der Waals surface area (Å²) < 4.78 is 15.5. The van der Waals surface area contributed by atoms with E-state index < -0.39 is 11.9 Å². The number of carbonyl (C=O) groups is 2. The van der Waals surface area contributed by atoms with Gasteiger partial charge in [0.1, 0.15) is 15.9 Å². The quantitative estimate of drug-likeness (QED) is 0.626. The zero-order valence-corrected chi connectivity index (χ0v) is 15.5. The molecule has 1 aromatic carbocycles. The summed E-state index contributed by atoms with van der Waals surface area (Å²) in [6.45, 7) is 3.77. The highest BCUT2D eigenvalue weighted by Crippen LogP contribution is 2.34. The minimum Gasteiger partial charge on any atom is -0.462 e. The van der Waals surface area contributed by atoms with E-state index in [-0.39, 0.29) is 19.0 Å². The molecule has 1 N–H and O–H groups in total. The van der Waals surface area contributed by atoms with Crippen LogP contribution in [0, 0.1) is 18.3 Å². The van der Waals surface area contributed by atoms with Crippen molar-refractivity contribution in [2.24, 2.45) is 0 Å². The first kappa shape index (κ1) is 18.5. The predicted molar refractivity (Wildman–Crippen MR) is 100.0 cm³/mol. The number of fused-ring (bicyclic) bond motifs is 1. The molecule has 0 aliphatic carbocycles. The molecule has 3 rings (SSSR count). The number of benzene rings is 1. The molecular weight excluding hydrogens is 368 g/mol. The molecule has 0 fully saturated rings. The summed E-state index contributed by atoms with van der Waals surface area (Å²) in [5, 5.41) is 12.3. The fraction of sp³-hybridized carbons (Fsp3) is 0.211. The van der Waals surface area contributed by atoms with Gasteiger partial charge in [-0.3, -0.25) is 4.79 Å². The Morgan fingerprint density at radius 2 is 2.15 bits per heavy atom. The Morgan fingerprint density at radius 1 is 1.37 bits per heavy atom. The monoisotopic (exact) mass is 384 g/mol. The van der Waals surface area contributed by atoms with Crippen LogP contribution in [0.5, 0.6) is 11.5 Å². The molecule has 1 amide bonds. The average molecular weight is 384 g/mol. The maximum atomic E-state index is 12.2. The van der Waals surface area contributed by atoms with Crippen LogP contribution < -0.4 is 14.8 Å². The van der Waals surface area contributed by atoms with Crippen LogP contribution in [-0.2, 0) is 9.53 Å². The first-order valence-corrected chi connectivity index (χ1v) is 8.94. The lowest BCUT2D eigenvalue weighted by Crippen LogP contribution is -2.07. The number of ether oxygens (including phenoxy) is 3. The van der Waals surface area contributed by atoms with Gasteiger partial charge in [-0.25, -0.2) is 4.79 Å². The number of nitriles is 1. The van der Waals surface area contributed by atoms with Gasteiger partial charge in [0, 0.05) is 6.08 Å². The lowest BCUT2D eigenvalue weighted by atomic mass is 10.1. The second-order valence-electron chi connectivity index (χ2n) is 5.53. The normalized spacial score (nSPS) is 12.0. The molecule has 1 aromatic heterocycles. The highest BCUT2D eigenvalue weighted by atomic mass is 32.1. The smallest absolute Gasteiger partial charge is 0.348 e. The highest BCUT2D eigenvalue weighted by molar-refractivity contribution is 7.18. The number of rotatable bonds is 5. The van der Waals surface area contributed by atoms with Crippen LogP contribution in [0.1, 0.15) is 33.3 Å². The number of nitrogens with zero attached hydrogens (tertiary/aromatic N) is 1. The molecular formula is C19H16N2O5S. The summed E-state index contributed by atoms with van der Waals surface area (Å²) in [7, 11) is 0. The van der Waals surface area contributed by atoms with Gasteiger partial charge in [-0.2, -0.15) is 5.26 Å². The molecule has 0 saturated heterocycles. The van der Waals surface area contributed by atoms with Crippen LogP contribution in [0.3, 0.4) is 0 Å². The van der Waals surface area contributed by atoms with Crippen molar-refractivity contribution in [3.05, 3.63) is 45.8 Å². The van der Waals surface area contributed by atoms with Crippen molar-refractivity contribution in [2.75, 3.05) is 18.7 Å². The van der Waals surface area contributed by atoms with E-state index in [9.17, 15) is 14.9 Å². The van der Waals surface area contributed by atoms with E-state index in [2.05, 4.69) is 5.32 Å². The summed E-state index contributed by atoms with van der Waals surface area (Å²) in [4.78, 5) is 24.5. The molecule has 27 heavy (non-hydrogen) atoms. The SMILES string of the molecule is CCOC(=O)c1sc(NC(=O)/C=C\c2ccc3c(c2)OCO3)c(C#N)c1C. The van der Waals surface area contributed by atoms with E-state index in [0.29, 0.717) is 26.9 Å². The molecule has 2 aromatic rings. The molecule has 1 aliphatic heterocycles. The lowest BCUT2D eigenvalue weighted by molar-refractivity contribution is -0.111. The third-order valence-corrected chi connectivity index (χ3v) is 4.97. The van der Waals surface area contributed by atoms with Gasteiger partial charge in [-0.1, -0.05) is 6.07 Å². The minimum absolute atomic E-state index is 0.181. The zero-order chi connectivity index (χ0) is 19.4. The van der Waals surface area contributed by atoms with Crippen molar-refractivity contribution < 1.29 is 23.8 Å². The van der Waals surface area contributed by atoms with Gasteiger partial charge in [0.05, 0.1) is 12.2 Å². The molecule has 0 bridgehead atoms. The van der Waals surface area contributed by atoms with Gasteiger partial charge in [0.2, 0.25) is 12.7 Å². The molecule has 0 radical (unpaired) electrons. The third kappa shape index (κ3) is 3.93. The average Bonchev–Trinajstić information content (AvgIpc) is 3.23. The second kappa shape index (κ2) is 7.93. The van der Waals surface area contributed by atoms with Crippen molar-refractivity contribution in [3.8, 4) is 17.6 Å². The molecule has 0 atom stereocenters. The Bertz CT molecular complexity index is 971. The Kier molecular flexibility index (Phi) is 5.43. The maximum Gasteiger partial charge on any atom is 0.348 e. The molecule has 8 heteroatoms. The number of hydrogen-bond acceptors (Lipinski definition) is 7. The van der Waals surface area contributed by atoms with E-state index in [1.807, 2.05) is 6.07 Å². The summed E-state index contributed by atoms with van der Waals surface area (Å²) >= 11 is 1.03. The second-order valence-corrected chi connectivity index (χ2v) is 6.55. The van der Waals surface area contributed by atoms with E-state index in [4.69, 9.17) is 14.2 Å². The predicted octanol–water partition coefficient (Wildman–Crippen LogP) is 3.49. The van der Waals surface area contributed by atoms with E-state index in [1.54, 1.807) is 38.1 Å². The summed E-state index contributed by atoms with van der Waals surface area (Å²) in [5.41, 5.74) is 1.52. The summed E-state index contributed by atoms with van der Waals surface area (Å²) in [6.07, 6.45) is 2.97. The van der Waals surface area contributed by atoms with Crippen molar-refractivity contribution in [2.45, 2.75) is 13.8 Å². The fourth-order valence-electron chi connectivity index (χ4n) is 2.47. The van der Waals surface area contributed by atoms with Crippen molar-refractivity contribution >= 4 is 34.3 Å². The summed E-state index contributed by atoms with van der Waals surface area (Å²) in [6, 6.07) is 7.35. The van der Waals surface area contributed by atoms with Crippen LogP contribution in [0.2, 0.25) is 0 Å². The third-order valence-electron chi connectivity index (χ3n) is 3.78. The van der Waals surface area contributed by atoms with Gasteiger partial charge >= 0.3 is 5.97 Å². The van der Waals surface area contributed by atoms with Crippen molar-refractivity contribution in [3.63, 3.8) is 0 Å². The van der Waals surface area contributed by atoms with Gasteiger partial charge < -0.3 is 19.5 Å². The van der Waals surface area contributed by atoms with Gasteiger partial charge in [0.15, 0.2) is 11.5 Å². The molecule has 138 valence electrons. The topological polar surface area (TPSA) is 97.7 Å². The van der Waals surface area contributed by atoms with Crippen LogP contribution in [0.4, 0.5) is 5.00 Å². The number of thiophene rings is 1. The minimum atomic E-state index is -0.507. The van der Waals surface area contributed by atoms with Crippen LogP contribution in [-0.4, -0.2) is 25.3 Å². The standard InChI is InChI=1S/C19H16N2O5S/c1-3-24-19(23)17-11(2)13(9-20)18(27-17)21-16(22)7-5-12-4-6-14-15(8-12)26-10-25-14/h4-8H,3,10H2,1-2H3,(H,21,22)/b7-5-. The number of nitrogens with one attached hydrogen (secondary N) is 1. The summed E-state index contributed by atoms with van der Waals surface area (Å²) in [5.74, 6) is 0.363. The van der Waals surface area contributed by atoms with E-state index >= 15 is 0 Å². The van der Waals surface area contributed by atoms with Gasteiger partial charge in [-0.15, -0.1) is 11.3 Å². The van der Waals surface area contributed by atoms with Crippen molar-refractivity contribution in [1.82, 2.24) is 0 Å².